The summed E-state index contributed by atoms with van der Waals surface area (Å²) in [5, 5.41) is 7.10. The monoisotopic (exact) mass is 325 g/mol. The van der Waals surface area contributed by atoms with Gasteiger partial charge in [0, 0.05) is 18.3 Å². The molecule has 1 saturated carbocycles. The molecule has 0 radical (unpaired) electrons. The molecule has 22 heavy (non-hydrogen) atoms. The number of nitrogens with one attached hydrogen (secondary N) is 1. The lowest BCUT2D eigenvalue weighted by Crippen LogP contribution is -2.42. The van der Waals surface area contributed by atoms with Gasteiger partial charge in [-0.2, -0.15) is 0 Å². The Hall–Kier alpha value is -1.86. The maximum absolute atomic E-state index is 12.1. The van der Waals surface area contributed by atoms with Crippen molar-refractivity contribution in [3.05, 3.63) is 34.9 Å². The minimum absolute atomic E-state index is 0. The van der Waals surface area contributed by atoms with E-state index in [0.717, 1.165) is 25.7 Å². The summed E-state index contributed by atoms with van der Waals surface area (Å²) in [6.07, 6.45) is 5.29. The van der Waals surface area contributed by atoms with Gasteiger partial charge in [-0.15, -0.1) is 17.5 Å². The average molecular weight is 326 g/mol. The molecule has 2 aromatic rings. The summed E-state index contributed by atoms with van der Waals surface area (Å²) < 4.78 is 2.62. The van der Waals surface area contributed by atoms with Gasteiger partial charge in [0.05, 0.1) is 0 Å². The zero-order valence-corrected chi connectivity index (χ0v) is 13.0. The molecule has 0 aliphatic heterocycles. The van der Waals surface area contributed by atoms with Gasteiger partial charge in [0.1, 0.15) is 6.54 Å². The zero-order chi connectivity index (χ0) is 14.8. The number of fused-ring (bicyclic) bond motifs is 1. The van der Waals surface area contributed by atoms with Crippen molar-refractivity contribution in [1.82, 2.24) is 19.5 Å². The molecule has 0 unspecified atom stereocenters. The van der Waals surface area contributed by atoms with E-state index in [-0.39, 0.29) is 42.6 Å². The third-order valence-electron chi connectivity index (χ3n) is 3.92. The molecule has 0 aromatic carbocycles. The molecule has 0 bridgehead atoms. The number of hydrogen-bond acceptors (Lipinski definition) is 4. The van der Waals surface area contributed by atoms with E-state index in [0.29, 0.717) is 5.65 Å². The quantitative estimate of drug-likeness (QED) is 0.849. The van der Waals surface area contributed by atoms with Crippen LogP contribution in [0.25, 0.3) is 5.65 Å². The van der Waals surface area contributed by atoms with Crippen molar-refractivity contribution in [2.45, 2.75) is 44.3 Å². The van der Waals surface area contributed by atoms with Gasteiger partial charge in [-0.05, 0) is 37.8 Å². The Morgan fingerprint density at radius 2 is 2.05 bits per heavy atom. The Morgan fingerprint density at radius 3 is 2.73 bits per heavy atom. The van der Waals surface area contributed by atoms with Gasteiger partial charge in [0.15, 0.2) is 5.65 Å². The summed E-state index contributed by atoms with van der Waals surface area (Å²) in [6, 6.07) is 5.70. The third-order valence-corrected chi connectivity index (χ3v) is 3.92. The molecule has 8 heteroatoms. The molecular formula is C14H20ClN5O2. The molecule has 7 nitrogen and oxygen atoms in total. The van der Waals surface area contributed by atoms with Crippen molar-refractivity contribution in [2.75, 3.05) is 0 Å². The summed E-state index contributed by atoms with van der Waals surface area (Å²) in [4.78, 5) is 24.1. The van der Waals surface area contributed by atoms with Crippen LogP contribution in [0.4, 0.5) is 0 Å². The van der Waals surface area contributed by atoms with E-state index < -0.39 is 0 Å². The Balaban J connectivity index is 0.00000176. The van der Waals surface area contributed by atoms with Crippen molar-refractivity contribution in [3.63, 3.8) is 0 Å². The molecular weight excluding hydrogens is 306 g/mol. The lowest BCUT2D eigenvalue weighted by molar-refractivity contribution is -0.122. The highest BCUT2D eigenvalue weighted by molar-refractivity contribution is 5.85. The second-order valence-electron chi connectivity index (χ2n) is 5.55. The summed E-state index contributed by atoms with van der Waals surface area (Å²) in [6.45, 7) is -0.0525. The lowest BCUT2D eigenvalue weighted by atomic mass is 9.92. The highest BCUT2D eigenvalue weighted by Crippen LogP contribution is 2.16. The molecule has 0 spiro atoms. The van der Waals surface area contributed by atoms with Gasteiger partial charge < -0.3 is 11.1 Å². The van der Waals surface area contributed by atoms with Crippen LogP contribution in [-0.4, -0.2) is 32.2 Å². The molecule has 120 valence electrons. The van der Waals surface area contributed by atoms with Gasteiger partial charge >= 0.3 is 5.69 Å². The van der Waals surface area contributed by atoms with Crippen LogP contribution in [0.15, 0.2) is 29.2 Å². The van der Waals surface area contributed by atoms with Gasteiger partial charge in [0.2, 0.25) is 5.91 Å². The van der Waals surface area contributed by atoms with Gasteiger partial charge in [-0.25, -0.2) is 9.48 Å². The fraction of sp³-hybridized carbons (Fsp3) is 0.500. The maximum atomic E-state index is 12.1. The average Bonchev–Trinajstić information content (AvgIpc) is 2.78. The second-order valence-corrected chi connectivity index (χ2v) is 5.55. The predicted molar refractivity (Wildman–Crippen MR) is 85.1 cm³/mol. The van der Waals surface area contributed by atoms with Crippen molar-refractivity contribution in [1.29, 1.82) is 0 Å². The number of pyridine rings is 1. The van der Waals surface area contributed by atoms with Crippen LogP contribution in [0.2, 0.25) is 0 Å². The first-order valence-corrected chi connectivity index (χ1v) is 7.22. The number of nitrogens with two attached hydrogens (primary N) is 1. The summed E-state index contributed by atoms with van der Waals surface area (Å²) in [5.74, 6) is -0.180. The maximum Gasteiger partial charge on any atom is 0.350 e. The number of amides is 1. The minimum Gasteiger partial charge on any atom is -0.352 e. The fourth-order valence-electron chi connectivity index (χ4n) is 2.74. The van der Waals surface area contributed by atoms with E-state index in [2.05, 4.69) is 10.4 Å². The van der Waals surface area contributed by atoms with Crippen molar-refractivity contribution in [2.24, 2.45) is 5.73 Å². The topological polar surface area (TPSA) is 94.4 Å². The van der Waals surface area contributed by atoms with Crippen LogP contribution in [0.5, 0.6) is 0 Å². The number of rotatable bonds is 3. The first-order valence-electron chi connectivity index (χ1n) is 7.22. The molecule has 0 saturated heterocycles. The largest absolute Gasteiger partial charge is 0.352 e. The third kappa shape index (κ3) is 3.48. The Bertz CT molecular complexity index is 703. The summed E-state index contributed by atoms with van der Waals surface area (Å²) in [5.41, 5.74) is 6.08. The molecule has 2 aromatic heterocycles. The number of nitrogens with zero attached hydrogens (tertiary/aromatic N) is 3. The first kappa shape index (κ1) is 16.5. The molecule has 3 rings (SSSR count). The van der Waals surface area contributed by atoms with Gasteiger partial charge in [-0.3, -0.25) is 9.20 Å². The SMILES string of the molecule is Cl.NC1CCC(NC(=O)Cn2nc3ccccn3c2=O)CC1. The molecule has 1 aliphatic rings. The smallest absolute Gasteiger partial charge is 0.350 e. The Labute approximate surface area is 133 Å². The highest BCUT2D eigenvalue weighted by Gasteiger charge is 2.20. The van der Waals surface area contributed by atoms with Crippen LogP contribution < -0.4 is 16.7 Å². The number of halogens is 1. The zero-order valence-electron chi connectivity index (χ0n) is 12.1. The Kier molecular flexibility index (Phi) is 5.20. The van der Waals surface area contributed by atoms with Gasteiger partial charge in [-0.1, -0.05) is 6.07 Å². The van der Waals surface area contributed by atoms with Crippen molar-refractivity contribution < 1.29 is 4.79 Å². The standard InChI is InChI=1S/C14H19N5O2.ClH/c15-10-4-6-11(7-5-10)16-13(20)9-19-14(21)18-8-2-1-3-12(18)17-19;/h1-3,8,10-11H,4-7,9,15H2,(H,16,20);1H. The lowest BCUT2D eigenvalue weighted by Gasteiger charge is -2.26. The minimum atomic E-state index is -0.300. The number of carbonyl (C=O) groups excluding carboxylic acids is 1. The normalized spacial score (nSPS) is 21.3. The number of aromatic nitrogens is 3. The molecule has 1 aliphatic carbocycles. The predicted octanol–water partition coefficient (Wildman–Crippen LogP) is 0.304. The van der Waals surface area contributed by atoms with Crippen LogP contribution in [0, 0.1) is 0 Å². The molecule has 2 heterocycles. The summed E-state index contributed by atoms with van der Waals surface area (Å²) >= 11 is 0. The van der Waals surface area contributed by atoms with E-state index in [1.54, 1.807) is 24.4 Å². The van der Waals surface area contributed by atoms with Crippen LogP contribution in [0.1, 0.15) is 25.7 Å². The van der Waals surface area contributed by atoms with Gasteiger partial charge in [0.25, 0.3) is 0 Å². The van der Waals surface area contributed by atoms with Crippen LogP contribution in [-0.2, 0) is 11.3 Å². The van der Waals surface area contributed by atoms with Crippen LogP contribution in [0.3, 0.4) is 0 Å². The number of hydrogen-bond donors (Lipinski definition) is 2. The number of carbonyl (C=O) groups is 1. The first-order chi connectivity index (χ1) is 10.1. The summed E-state index contributed by atoms with van der Waals surface area (Å²) in [7, 11) is 0. The Morgan fingerprint density at radius 1 is 1.32 bits per heavy atom. The van der Waals surface area contributed by atoms with E-state index in [1.165, 1.54) is 9.08 Å². The van der Waals surface area contributed by atoms with E-state index in [4.69, 9.17) is 5.73 Å². The highest BCUT2D eigenvalue weighted by atomic mass is 35.5. The second kappa shape index (κ2) is 6.93. The van der Waals surface area contributed by atoms with E-state index in [9.17, 15) is 9.59 Å². The molecule has 1 amide bonds. The fourth-order valence-corrected chi connectivity index (χ4v) is 2.74. The van der Waals surface area contributed by atoms with Crippen LogP contribution >= 0.6 is 12.4 Å². The molecule has 1 fully saturated rings. The van der Waals surface area contributed by atoms with E-state index >= 15 is 0 Å². The van der Waals surface area contributed by atoms with Crippen molar-refractivity contribution in [3.8, 4) is 0 Å². The molecule has 3 N–H and O–H groups in total. The van der Waals surface area contributed by atoms with E-state index in [1.807, 2.05) is 0 Å². The molecule has 0 atom stereocenters. The van der Waals surface area contributed by atoms with Crippen molar-refractivity contribution >= 4 is 24.0 Å².